The van der Waals surface area contributed by atoms with E-state index in [0.29, 0.717) is 25.9 Å². The van der Waals surface area contributed by atoms with Gasteiger partial charge < -0.3 is 9.80 Å². The molecule has 140 valence electrons. The first-order valence-electron chi connectivity index (χ1n) is 9.22. The van der Waals surface area contributed by atoms with E-state index in [1.165, 1.54) is 0 Å². The van der Waals surface area contributed by atoms with Gasteiger partial charge in [0, 0.05) is 57.0 Å². The van der Waals surface area contributed by atoms with Crippen LogP contribution < -0.4 is 0 Å². The van der Waals surface area contributed by atoms with Crippen molar-refractivity contribution in [2.75, 3.05) is 26.2 Å². The fourth-order valence-corrected chi connectivity index (χ4v) is 3.67. The highest BCUT2D eigenvalue weighted by Gasteiger charge is 2.21. The predicted octanol–water partition coefficient (Wildman–Crippen LogP) is 1.67. The first-order valence-corrected chi connectivity index (χ1v) is 9.22. The van der Waals surface area contributed by atoms with Gasteiger partial charge in [0.05, 0.1) is 5.69 Å². The molecule has 0 saturated carbocycles. The van der Waals surface area contributed by atoms with Crippen LogP contribution in [0.2, 0.25) is 0 Å². The Bertz CT molecular complexity index is 842. The molecule has 0 spiro atoms. The first-order chi connectivity index (χ1) is 12.4. The van der Waals surface area contributed by atoms with Crippen molar-refractivity contribution < 1.29 is 9.59 Å². The Morgan fingerprint density at radius 1 is 1.08 bits per heavy atom. The van der Waals surface area contributed by atoms with Crippen molar-refractivity contribution >= 4 is 17.5 Å². The molecule has 1 saturated heterocycles. The van der Waals surface area contributed by atoms with E-state index in [1.54, 1.807) is 6.92 Å². The van der Waals surface area contributed by atoms with Crippen LogP contribution in [-0.4, -0.2) is 62.4 Å². The number of aromatic nitrogens is 3. The molecule has 26 heavy (non-hydrogen) atoms. The van der Waals surface area contributed by atoms with E-state index in [9.17, 15) is 9.59 Å². The standard InChI is InChI=1S/C19H27N5O2/c1-13-12-18-20-14(2)17(15(3)24(18)21-13)6-7-19(26)23-9-5-8-22(10-11-23)16(4)25/h12H,5-11H2,1-4H3. The number of carbonyl (C=O) groups excluding carboxylic acids is 2. The molecule has 2 amide bonds. The summed E-state index contributed by atoms with van der Waals surface area (Å²) in [6, 6.07) is 1.97. The number of nitrogens with zero attached hydrogens (tertiary/aromatic N) is 5. The Morgan fingerprint density at radius 3 is 2.50 bits per heavy atom. The van der Waals surface area contributed by atoms with Crippen molar-refractivity contribution in [3.8, 4) is 0 Å². The third-order valence-electron chi connectivity index (χ3n) is 5.17. The summed E-state index contributed by atoms with van der Waals surface area (Å²) in [6.07, 6.45) is 1.95. The highest BCUT2D eigenvalue weighted by molar-refractivity contribution is 5.77. The number of rotatable bonds is 3. The van der Waals surface area contributed by atoms with Gasteiger partial charge in [-0.2, -0.15) is 5.10 Å². The van der Waals surface area contributed by atoms with Gasteiger partial charge in [-0.15, -0.1) is 0 Å². The van der Waals surface area contributed by atoms with E-state index in [-0.39, 0.29) is 11.8 Å². The molecule has 3 rings (SSSR count). The number of carbonyl (C=O) groups is 2. The third-order valence-corrected chi connectivity index (χ3v) is 5.17. The Kier molecular flexibility index (Phi) is 5.25. The van der Waals surface area contributed by atoms with Crippen LogP contribution in [0.25, 0.3) is 5.65 Å². The maximum atomic E-state index is 12.7. The summed E-state index contributed by atoms with van der Waals surface area (Å²) >= 11 is 0. The lowest BCUT2D eigenvalue weighted by Gasteiger charge is -2.21. The van der Waals surface area contributed by atoms with Crippen molar-refractivity contribution in [3.63, 3.8) is 0 Å². The second-order valence-corrected chi connectivity index (χ2v) is 7.06. The molecule has 0 N–H and O–H groups in total. The van der Waals surface area contributed by atoms with Crippen LogP contribution in [0.15, 0.2) is 6.07 Å². The zero-order valence-electron chi connectivity index (χ0n) is 16.1. The summed E-state index contributed by atoms with van der Waals surface area (Å²) in [4.78, 5) is 32.5. The summed E-state index contributed by atoms with van der Waals surface area (Å²) in [5.41, 5.74) is 4.89. The summed E-state index contributed by atoms with van der Waals surface area (Å²) in [7, 11) is 0. The second kappa shape index (κ2) is 7.43. The lowest BCUT2D eigenvalue weighted by molar-refractivity contribution is -0.132. The summed E-state index contributed by atoms with van der Waals surface area (Å²) < 4.78 is 1.86. The van der Waals surface area contributed by atoms with Crippen LogP contribution >= 0.6 is 0 Å². The van der Waals surface area contributed by atoms with Crippen molar-refractivity contribution in [1.82, 2.24) is 24.4 Å². The maximum absolute atomic E-state index is 12.7. The van der Waals surface area contributed by atoms with Gasteiger partial charge in [-0.05, 0) is 39.2 Å². The van der Waals surface area contributed by atoms with E-state index in [1.807, 2.05) is 41.2 Å². The van der Waals surface area contributed by atoms with Crippen molar-refractivity contribution in [1.29, 1.82) is 0 Å². The number of aryl methyl sites for hydroxylation is 3. The zero-order chi connectivity index (χ0) is 18.8. The highest BCUT2D eigenvalue weighted by atomic mass is 16.2. The van der Waals surface area contributed by atoms with Crippen LogP contribution in [0.3, 0.4) is 0 Å². The van der Waals surface area contributed by atoms with Crippen LogP contribution in [-0.2, 0) is 16.0 Å². The van der Waals surface area contributed by atoms with E-state index in [2.05, 4.69) is 10.1 Å². The zero-order valence-corrected chi connectivity index (χ0v) is 16.1. The second-order valence-electron chi connectivity index (χ2n) is 7.06. The van der Waals surface area contributed by atoms with Gasteiger partial charge in [0.25, 0.3) is 0 Å². The van der Waals surface area contributed by atoms with Gasteiger partial charge in [0.1, 0.15) is 0 Å². The molecule has 2 aromatic heterocycles. The lowest BCUT2D eigenvalue weighted by Crippen LogP contribution is -2.36. The molecule has 0 aliphatic carbocycles. The van der Waals surface area contributed by atoms with E-state index in [0.717, 1.165) is 47.8 Å². The highest BCUT2D eigenvalue weighted by Crippen LogP contribution is 2.18. The fourth-order valence-electron chi connectivity index (χ4n) is 3.67. The van der Waals surface area contributed by atoms with Crippen molar-refractivity contribution in [2.45, 2.75) is 47.0 Å². The van der Waals surface area contributed by atoms with Crippen LogP contribution in [0.5, 0.6) is 0 Å². The first kappa shape index (κ1) is 18.4. The van der Waals surface area contributed by atoms with E-state index >= 15 is 0 Å². The minimum atomic E-state index is 0.0828. The van der Waals surface area contributed by atoms with Gasteiger partial charge in [-0.25, -0.2) is 9.50 Å². The minimum Gasteiger partial charge on any atom is -0.341 e. The normalized spacial score (nSPS) is 15.4. The lowest BCUT2D eigenvalue weighted by atomic mass is 10.1. The Labute approximate surface area is 154 Å². The molecule has 0 bridgehead atoms. The smallest absolute Gasteiger partial charge is 0.222 e. The average molecular weight is 357 g/mol. The van der Waals surface area contributed by atoms with Gasteiger partial charge in [0.15, 0.2) is 5.65 Å². The van der Waals surface area contributed by atoms with Gasteiger partial charge in [-0.3, -0.25) is 9.59 Å². The molecule has 1 aliphatic heterocycles. The molecule has 7 heteroatoms. The molecule has 7 nitrogen and oxygen atoms in total. The van der Waals surface area contributed by atoms with Crippen molar-refractivity contribution in [3.05, 3.63) is 28.7 Å². The molecule has 0 radical (unpaired) electrons. The molecule has 2 aromatic rings. The van der Waals surface area contributed by atoms with Crippen LogP contribution in [0.4, 0.5) is 0 Å². The van der Waals surface area contributed by atoms with Crippen molar-refractivity contribution in [2.24, 2.45) is 0 Å². The molecule has 1 fully saturated rings. The monoisotopic (exact) mass is 357 g/mol. The van der Waals surface area contributed by atoms with Crippen LogP contribution in [0.1, 0.15) is 42.4 Å². The molecule has 1 aliphatic rings. The molecule has 0 aromatic carbocycles. The molecule has 3 heterocycles. The number of hydrogen-bond donors (Lipinski definition) is 0. The summed E-state index contributed by atoms with van der Waals surface area (Å²) in [5, 5.41) is 4.49. The summed E-state index contributed by atoms with van der Waals surface area (Å²) in [6.45, 7) is 10.3. The van der Waals surface area contributed by atoms with Gasteiger partial charge in [0.2, 0.25) is 11.8 Å². The molecular weight excluding hydrogens is 330 g/mol. The SMILES string of the molecule is CC(=O)N1CCCN(C(=O)CCc2c(C)nc3cc(C)nn3c2C)CC1. The largest absolute Gasteiger partial charge is 0.341 e. The Hall–Kier alpha value is -2.44. The fraction of sp³-hybridized carbons (Fsp3) is 0.579. The Balaban J connectivity index is 1.68. The molecular formula is C19H27N5O2. The molecule has 0 atom stereocenters. The number of fused-ring (bicyclic) bond motifs is 1. The topological polar surface area (TPSA) is 70.8 Å². The molecule has 0 unspecified atom stereocenters. The Morgan fingerprint density at radius 2 is 1.77 bits per heavy atom. The third kappa shape index (κ3) is 3.71. The average Bonchev–Trinajstić information content (AvgIpc) is 2.81. The quantitative estimate of drug-likeness (QED) is 0.838. The van der Waals surface area contributed by atoms with Gasteiger partial charge in [-0.1, -0.05) is 0 Å². The summed E-state index contributed by atoms with van der Waals surface area (Å²) in [5.74, 6) is 0.227. The van der Waals surface area contributed by atoms with Gasteiger partial charge >= 0.3 is 0 Å². The van der Waals surface area contributed by atoms with Crippen LogP contribution in [0, 0.1) is 20.8 Å². The number of amides is 2. The predicted molar refractivity (Wildman–Crippen MR) is 99.0 cm³/mol. The minimum absolute atomic E-state index is 0.0828. The van der Waals surface area contributed by atoms with E-state index < -0.39 is 0 Å². The van der Waals surface area contributed by atoms with E-state index in [4.69, 9.17) is 0 Å². The number of hydrogen-bond acceptors (Lipinski definition) is 4. The maximum Gasteiger partial charge on any atom is 0.222 e.